The summed E-state index contributed by atoms with van der Waals surface area (Å²) in [6, 6.07) is 8.59. The number of ether oxygens (including phenoxy) is 3. The third-order valence-electron chi connectivity index (χ3n) is 9.74. The maximum atomic E-state index is 13.6. The quantitative estimate of drug-likeness (QED) is 0.108. The number of hydrogen-bond acceptors (Lipinski definition) is 14. The average molecular weight is 774 g/mol. The van der Waals surface area contributed by atoms with Gasteiger partial charge >= 0.3 is 18.0 Å². The number of carbonyl (C=O) groups is 6. The number of carbonyl (C=O) groups excluding carboxylic acids is 6. The van der Waals surface area contributed by atoms with E-state index in [1.165, 1.54) is 54.8 Å². The van der Waals surface area contributed by atoms with Gasteiger partial charge in [-0.15, -0.1) is 11.8 Å². The number of nitro benzene ring substituents is 1. The number of sulfone groups is 1. The molecule has 4 amide bonds. The first-order valence-corrected chi connectivity index (χ1v) is 18.7. The van der Waals surface area contributed by atoms with Gasteiger partial charge < -0.3 is 34.6 Å². The number of non-ortho nitro benzene ring substituents is 1. The number of nitro groups is 1. The molecule has 0 spiro atoms. The zero-order valence-electron chi connectivity index (χ0n) is 28.7. The normalized spacial score (nSPS) is 26.2. The predicted molar refractivity (Wildman–Crippen MR) is 183 cm³/mol. The molecule has 6 rings (SSSR count). The van der Waals surface area contributed by atoms with Gasteiger partial charge in [-0.1, -0.05) is 30.3 Å². The molecule has 0 radical (unpaired) electrons. The summed E-state index contributed by atoms with van der Waals surface area (Å²) in [4.78, 5) is 90.8. The van der Waals surface area contributed by atoms with Crippen molar-refractivity contribution in [1.82, 2.24) is 20.4 Å². The van der Waals surface area contributed by atoms with Crippen molar-refractivity contribution >= 4 is 63.0 Å². The van der Waals surface area contributed by atoms with Crippen molar-refractivity contribution in [3.8, 4) is 0 Å². The van der Waals surface area contributed by atoms with Crippen LogP contribution in [-0.4, -0.2) is 104 Å². The van der Waals surface area contributed by atoms with Gasteiger partial charge in [0.25, 0.3) is 5.69 Å². The summed E-state index contributed by atoms with van der Waals surface area (Å²) in [6.07, 6.45) is -1.43. The Labute approximate surface area is 306 Å². The van der Waals surface area contributed by atoms with Crippen LogP contribution in [0.1, 0.15) is 51.3 Å². The van der Waals surface area contributed by atoms with Gasteiger partial charge in [-0.2, -0.15) is 0 Å². The zero-order chi connectivity index (χ0) is 38.6. The summed E-state index contributed by atoms with van der Waals surface area (Å²) in [6.45, 7) is 4.99. The molecule has 4 aliphatic heterocycles. The molecule has 53 heavy (non-hydrogen) atoms. The molecular formula is C33H35N5O13S2. The molecule has 282 valence electrons. The van der Waals surface area contributed by atoms with Crippen molar-refractivity contribution in [1.29, 1.82) is 0 Å². The van der Waals surface area contributed by atoms with Crippen LogP contribution in [0.4, 0.5) is 10.5 Å². The Hall–Kier alpha value is -5.24. The number of hydrogen-bond donors (Lipinski definition) is 2. The van der Waals surface area contributed by atoms with E-state index in [1.807, 2.05) is 0 Å². The van der Waals surface area contributed by atoms with Crippen molar-refractivity contribution in [2.75, 3.05) is 6.79 Å². The van der Waals surface area contributed by atoms with Gasteiger partial charge in [0, 0.05) is 16.9 Å². The third kappa shape index (κ3) is 6.53. The molecule has 0 saturated carbocycles. The Morgan fingerprint density at radius 2 is 1.58 bits per heavy atom. The summed E-state index contributed by atoms with van der Waals surface area (Å²) < 4.78 is 38.6. The van der Waals surface area contributed by atoms with E-state index in [1.54, 1.807) is 44.2 Å². The minimum absolute atomic E-state index is 0.118. The molecule has 2 aromatic rings. The van der Waals surface area contributed by atoms with Gasteiger partial charge in [-0.05, 0) is 51.0 Å². The lowest BCUT2D eigenvalue weighted by Crippen LogP contribution is -2.71. The molecule has 18 nitrogen and oxygen atoms in total. The Morgan fingerprint density at radius 1 is 0.943 bits per heavy atom. The van der Waals surface area contributed by atoms with Crippen LogP contribution in [0.5, 0.6) is 0 Å². The van der Waals surface area contributed by atoms with Crippen LogP contribution in [0.25, 0.3) is 0 Å². The molecule has 4 fully saturated rings. The fourth-order valence-corrected chi connectivity index (χ4v) is 10.6. The van der Waals surface area contributed by atoms with Crippen LogP contribution >= 0.6 is 11.8 Å². The maximum absolute atomic E-state index is 13.6. The summed E-state index contributed by atoms with van der Waals surface area (Å²) in [7, 11) is -3.87. The van der Waals surface area contributed by atoms with Gasteiger partial charge in [-0.25, -0.2) is 22.8 Å². The highest BCUT2D eigenvalue weighted by atomic mass is 32.2. The Kier molecular flexibility index (Phi) is 9.65. The molecule has 2 N–H and O–H groups in total. The van der Waals surface area contributed by atoms with Crippen molar-refractivity contribution < 1.29 is 56.3 Å². The highest BCUT2D eigenvalue weighted by Gasteiger charge is 2.68. The van der Waals surface area contributed by atoms with Crippen LogP contribution in [0.3, 0.4) is 0 Å². The van der Waals surface area contributed by atoms with Gasteiger partial charge in [-0.3, -0.25) is 24.5 Å². The predicted octanol–water partition coefficient (Wildman–Crippen LogP) is 1.29. The van der Waals surface area contributed by atoms with Crippen LogP contribution in [0.2, 0.25) is 0 Å². The third-order valence-corrected chi connectivity index (χ3v) is 14.1. The molecule has 20 heteroatoms. The maximum Gasteiger partial charge on any atom is 0.410 e. The second-order valence-electron chi connectivity index (χ2n) is 13.8. The molecule has 0 aliphatic carbocycles. The summed E-state index contributed by atoms with van der Waals surface area (Å²) in [5.74, 6) is -3.64. The number of fused-ring (bicyclic) bond motifs is 2. The highest BCUT2D eigenvalue weighted by Crippen LogP contribution is 2.51. The minimum atomic E-state index is -3.87. The van der Waals surface area contributed by atoms with E-state index in [2.05, 4.69) is 10.6 Å². The van der Waals surface area contributed by atoms with Crippen molar-refractivity contribution in [2.24, 2.45) is 0 Å². The van der Waals surface area contributed by atoms with E-state index in [0.29, 0.717) is 11.1 Å². The first-order chi connectivity index (χ1) is 24.9. The standard InChI is InChI=1S/C33H35N5O13S2/c1-32(2)24(29(42)49-15-17-10-12-19(13-11-17)38(45)46)37-27(41)23(28(37)52-32)34-26(40)22(18-8-6-5-7-9-18)35-31(44)51-16-50-30(43)25-33(3,4)53(47,48)21-14-20(39)36(21)25/h5-13,21-25,28H,14-16H2,1-4H3,(H,34,40)(H,35,44)/t21-,22?,23-,24+,25+,28-/m1/s1. The monoisotopic (exact) mass is 773 g/mol. The van der Waals surface area contributed by atoms with Crippen LogP contribution in [0.15, 0.2) is 54.6 Å². The second-order valence-corrected chi connectivity index (χ2v) is 18.2. The molecule has 4 heterocycles. The molecule has 6 atom stereocenters. The zero-order valence-corrected chi connectivity index (χ0v) is 30.4. The fraction of sp³-hybridized carbons (Fsp3) is 0.455. The fourth-order valence-electron chi connectivity index (χ4n) is 6.84. The Bertz CT molecular complexity index is 1990. The van der Waals surface area contributed by atoms with E-state index < -0.39 is 102 Å². The number of nitrogens with zero attached hydrogens (tertiary/aromatic N) is 3. The molecule has 4 saturated heterocycles. The number of thioether (sulfide) groups is 1. The number of amides is 4. The molecule has 2 aromatic carbocycles. The molecule has 0 bridgehead atoms. The topological polar surface area (TPSA) is 238 Å². The van der Waals surface area contributed by atoms with E-state index in [0.717, 1.165) is 4.90 Å². The number of β-lactam (4-membered cyclic amide) rings is 2. The Balaban J connectivity index is 1.06. The molecular weight excluding hydrogens is 739 g/mol. The van der Waals surface area contributed by atoms with Crippen molar-refractivity contribution in [2.45, 2.75) is 85.1 Å². The molecule has 1 unspecified atom stereocenters. The first-order valence-electron chi connectivity index (χ1n) is 16.3. The molecule has 0 aromatic heterocycles. The summed E-state index contributed by atoms with van der Waals surface area (Å²) >= 11 is 1.28. The van der Waals surface area contributed by atoms with Crippen LogP contribution in [0, 0.1) is 10.1 Å². The summed E-state index contributed by atoms with van der Waals surface area (Å²) in [5, 5.41) is 14.2. The van der Waals surface area contributed by atoms with Gasteiger partial charge in [0.2, 0.25) is 24.5 Å². The number of rotatable bonds is 11. The van der Waals surface area contributed by atoms with E-state index in [4.69, 9.17) is 14.2 Å². The van der Waals surface area contributed by atoms with Gasteiger partial charge in [0.15, 0.2) is 9.84 Å². The van der Waals surface area contributed by atoms with E-state index >= 15 is 0 Å². The minimum Gasteiger partial charge on any atom is -0.459 e. The first kappa shape index (κ1) is 37.5. The number of nitrogens with one attached hydrogen (secondary N) is 2. The number of esters is 2. The second kappa shape index (κ2) is 13.6. The Morgan fingerprint density at radius 3 is 2.21 bits per heavy atom. The van der Waals surface area contributed by atoms with E-state index in [9.17, 15) is 47.3 Å². The van der Waals surface area contributed by atoms with E-state index in [-0.39, 0.29) is 18.7 Å². The number of alkyl carbamates (subject to hydrolysis) is 1. The lowest BCUT2D eigenvalue weighted by molar-refractivity contribution is -0.384. The van der Waals surface area contributed by atoms with Crippen molar-refractivity contribution in [3.63, 3.8) is 0 Å². The van der Waals surface area contributed by atoms with Gasteiger partial charge in [0.05, 0.1) is 16.1 Å². The smallest absolute Gasteiger partial charge is 0.410 e. The SMILES string of the molecule is CC1(C)S[C@@H]2[C@H](NC(=O)C(NC(=O)OCOC(=O)[C@@H]3N4C(=O)C[C@H]4S(=O)(=O)C3(C)C)c3ccccc3)C(=O)N2[C@H]1C(=O)OCc1ccc([N+](=O)[O-])cc1. The lowest BCUT2D eigenvalue weighted by atomic mass is 9.95. The van der Waals surface area contributed by atoms with Crippen LogP contribution in [-0.2, 0) is 54.6 Å². The lowest BCUT2D eigenvalue weighted by Gasteiger charge is -2.44. The molecule has 4 aliphatic rings. The van der Waals surface area contributed by atoms with Crippen LogP contribution < -0.4 is 10.6 Å². The van der Waals surface area contributed by atoms with Crippen molar-refractivity contribution in [3.05, 3.63) is 75.8 Å². The van der Waals surface area contributed by atoms with Gasteiger partial charge in [0.1, 0.15) is 41.5 Å². The largest absolute Gasteiger partial charge is 0.459 e. The summed E-state index contributed by atoms with van der Waals surface area (Å²) in [5.41, 5.74) is 0.705. The average Bonchev–Trinajstić information content (AvgIpc) is 3.43. The number of benzene rings is 2. The highest BCUT2D eigenvalue weighted by molar-refractivity contribution is 8.01.